The Kier molecular flexibility index (Phi) is 7.15. The van der Waals surface area contributed by atoms with Crippen LogP contribution in [0.15, 0.2) is 33.5 Å². The number of nitrogens with zero attached hydrogens (tertiary/aromatic N) is 1. The maximum absolute atomic E-state index is 12.8. The Bertz CT molecular complexity index is 1160. The summed E-state index contributed by atoms with van der Waals surface area (Å²) in [5, 5.41) is 8.64. The Morgan fingerprint density at radius 2 is 1.82 bits per heavy atom. The van der Waals surface area contributed by atoms with Gasteiger partial charge in [-0.2, -0.15) is 0 Å². The van der Waals surface area contributed by atoms with Crippen LogP contribution in [0, 0.1) is 6.92 Å². The second-order valence-electron chi connectivity index (χ2n) is 8.29. The average Bonchev–Trinajstić information content (AvgIpc) is 3.22. The smallest absolute Gasteiger partial charge is 0.336 e. The topological polar surface area (TPSA) is 138 Å². The van der Waals surface area contributed by atoms with E-state index in [1.807, 2.05) is 0 Å². The van der Waals surface area contributed by atoms with Gasteiger partial charge in [0.1, 0.15) is 23.7 Å². The van der Waals surface area contributed by atoms with Crippen LogP contribution in [0.5, 0.6) is 0 Å². The van der Waals surface area contributed by atoms with Crippen molar-refractivity contribution >= 4 is 40.3 Å². The molecule has 10 nitrogen and oxygen atoms in total. The van der Waals surface area contributed by atoms with Gasteiger partial charge in [-0.1, -0.05) is 0 Å². The number of rotatable bonds is 6. The highest BCUT2D eigenvalue weighted by atomic mass is 16.4. The Balaban J connectivity index is 1.63. The third-order valence-corrected chi connectivity index (χ3v) is 5.60. The molecule has 33 heavy (non-hydrogen) atoms. The first kappa shape index (κ1) is 24.0. The first-order valence-electron chi connectivity index (χ1n) is 10.8. The van der Waals surface area contributed by atoms with E-state index in [0.29, 0.717) is 30.7 Å². The van der Waals surface area contributed by atoms with E-state index in [1.54, 1.807) is 39.0 Å². The molecule has 0 unspecified atom stereocenters. The summed E-state index contributed by atoms with van der Waals surface area (Å²) in [5.74, 6) is -1.56. The van der Waals surface area contributed by atoms with Gasteiger partial charge < -0.3 is 25.3 Å². The molecule has 3 N–H and O–H groups in total. The largest absolute Gasteiger partial charge is 0.423 e. The normalized spacial score (nSPS) is 17.3. The van der Waals surface area contributed by atoms with Gasteiger partial charge in [0.25, 0.3) is 0 Å². The lowest BCUT2D eigenvalue weighted by Crippen LogP contribution is -2.54. The monoisotopic (exact) mass is 456 g/mol. The average molecular weight is 456 g/mol. The molecule has 2 heterocycles. The molecular weight excluding hydrogens is 428 g/mol. The summed E-state index contributed by atoms with van der Waals surface area (Å²) < 4.78 is 5.19. The van der Waals surface area contributed by atoms with Gasteiger partial charge in [0.05, 0.1) is 0 Å². The summed E-state index contributed by atoms with van der Waals surface area (Å²) in [4.78, 5) is 62.4. The Morgan fingerprint density at radius 1 is 1.09 bits per heavy atom. The van der Waals surface area contributed by atoms with E-state index in [0.717, 1.165) is 10.9 Å². The van der Waals surface area contributed by atoms with E-state index in [1.165, 1.54) is 17.9 Å². The number of aryl methyl sites for hydroxylation is 1. The van der Waals surface area contributed by atoms with E-state index >= 15 is 0 Å². The van der Waals surface area contributed by atoms with Crippen LogP contribution in [-0.2, 0) is 19.2 Å². The fourth-order valence-electron chi connectivity index (χ4n) is 3.95. The van der Waals surface area contributed by atoms with Gasteiger partial charge in [-0.05, 0) is 51.3 Å². The van der Waals surface area contributed by atoms with Crippen molar-refractivity contribution in [2.45, 2.75) is 58.7 Å². The molecule has 1 fully saturated rings. The van der Waals surface area contributed by atoms with E-state index in [9.17, 15) is 24.0 Å². The molecule has 2 aromatic rings. The number of fused-ring (bicyclic) bond motifs is 1. The highest BCUT2D eigenvalue weighted by Gasteiger charge is 2.37. The van der Waals surface area contributed by atoms with Crippen molar-refractivity contribution < 1.29 is 23.6 Å². The Morgan fingerprint density at radius 3 is 2.52 bits per heavy atom. The molecular formula is C23H28N4O6. The van der Waals surface area contributed by atoms with Gasteiger partial charge in [-0.15, -0.1) is 0 Å². The number of carbonyl (C=O) groups is 4. The molecule has 0 saturated carbocycles. The molecule has 10 heteroatoms. The molecule has 3 atom stereocenters. The number of hydrogen-bond acceptors (Lipinski definition) is 6. The van der Waals surface area contributed by atoms with Gasteiger partial charge >= 0.3 is 5.63 Å². The van der Waals surface area contributed by atoms with E-state index < -0.39 is 35.6 Å². The molecule has 4 amide bonds. The van der Waals surface area contributed by atoms with Crippen molar-refractivity contribution in [3.05, 3.63) is 40.2 Å². The van der Waals surface area contributed by atoms with Crippen molar-refractivity contribution in [3.63, 3.8) is 0 Å². The van der Waals surface area contributed by atoms with E-state index in [-0.39, 0.29) is 11.8 Å². The van der Waals surface area contributed by atoms with Crippen molar-refractivity contribution in [1.29, 1.82) is 0 Å². The van der Waals surface area contributed by atoms with Crippen LogP contribution in [0.3, 0.4) is 0 Å². The summed E-state index contributed by atoms with van der Waals surface area (Å²) in [7, 11) is 0. The molecule has 0 aliphatic carbocycles. The van der Waals surface area contributed by atoms with Crippen LogP contribution in [0.4, 0.5) is 5.69 Å². The standard InChI is InChI=1S/C23H28N4O6/c1-12-10-20(29)33-19-11-16(7-8-17(12)19)26-21(30)13(2)25-22(31)18-6-5-9-27(18)23(32)14(3)24-15(4)28/h7-8,10-11,13-14,18H,5-6,9H2,1-4H3,(H,24,28)(H,25,31)(H,26,30)/t13-,14-,18-/m0/s1. The van der Waals surface area contributed by atoms with Crippen LogP contribution in [0.1, 0.15) is 39.2 Å². The maximum Gasteiger partial charge on any atom is 0.336 e. The highest BCUT2D eigenvalue weighted by Crippen LogP contribution is 2.21. The third-order valence-electron chi connectivity index (χ3n) is 5.60. The van der Waals surface area contributed by atoms with Gasteiger partial charge in [0.15, 0.2) is 0 Å². The molecule has 1 aromatic heterocycles. The zero-order valence-electron chi connectivity index (χ0n) is 19.1. The van der Waals surface area contributed by atoms with Gasteiger partial charge in [-0.25, -0.2) is 4.79 Å². The summed E-state index contributed by atoms with van der Waals surface area (Å²) in [5.41, 5.74) is 1.06. The highest BCUT2D eigenvalue weighted by molar-refractivity contribution is 5.99. The molecule has 176 valence electrons. The number of carbonyl (C=O) groups excluding carboxylic acids is 4. The van der Waals surface area contributed by atoms with Crippen molar-refractivity contribution in [1.82, 2.24) is 15.5 Å². The van der Waals surface area contributed by atoms with Crippen LogP contribution in [-0.4, -0.2) is 53.2 Å². The van der Waals surface area contributed by atoms with Gasteiger partial charge in [0.2, 0.25) is 23.6 Å². The molecule has 1 aromatic carbocycles. The second-order valence-corrected chi connectivity index (χ2v) is 8.29. The zero-order valence-corrected chi connectivity index (χ0v) is 19.1. The van der Waals surface area contributed by atoms with E-state index in [4.69, 9.17) is 4.42 Å². The quantitative estimate of drug-likeness (QED) is 0.556. The van der Waals surface area contributed by atoms with Gasteiger partial charge in [0, 0.05) is 36.7 Å². The fraction of sp³-hybridized carbons (Fsp3) is 0.435. The van der Waals surface area contributed by atoms with Crippen molar-refractivity contribution in [2.24, 2.45) is 0 Å². The Labute approximate surface area is 190 Å². The maximum atomic E-state index is 12.8. The SMILES string of the molecule is CC(=O)N[C@@H](C)C(=O)N1CCC[C@H]1C(=O)N[C@@H](C)C(=O)Nc1ccc2c(C)cc(=O)oc2c1. The Hall–Kier alpha value is -3.69. The molecule has 1 aliphatic heterocycles. The van der Waals surface area contributed by atoms with Crippen LogP contribution in [0.25, 0.3) is 11.0 Å². The predicted molar refractivity (Wildman–Crippen MR) is 121 cm³/mol. The molecule has 0 spiro atoms. The fourth-order valence-corrected chi connectivity index (χ4v) is 3.95. The molecule has 0 bridgehead atoms. The van der Waals surface area contributed by atoms with Crippen LogP contribution < -0.4 is 21.6 Å². The first-order valence-corrected chi connectivity index (χ1v) is 10.8. The second kappa shape index (κ2) is 9.85. The summed E-state index contributed by atoms with van der Waals surface area (Å²) in [6, 6.07) is 4.05. The zero-order chi connectivity index (χ0) is 24.3. The van der Waals surface area contributed by atoms with Crippen LogP contribution in [0.2, 0.25) is 0 Å². The summed E-state index contributed by atoms with van der Waals surface area (Å²) in [6.07, 6.45) is 1.13. The summed E-state index contributed by atoms with van der Waals surface area (Å²) in [6.45, 7) is 6.63. The number of benzene rings is 1. The van der Waals surface area contributed by atoms with Gasteiger partial charge in [-0.3, -0.25) is 19.2 Å². The summed E-state index contributed by atoms with van der Waals surface area (Å²) >= 11 is 0. The number of amides is 4. The predicted octanol–water partition coefficient (Wildman–Crippen LogP) is 1.06. The molecule has 1 saturated heterocycles. The van der Waals surface area contributed by atoms with E-state index in [2.05, 4.69) is 16.0 Å². The minimum Gasteiger partial charge on any atom is -0.423 e. The molecule has 1 aliphatic rings. The number of anilines is 1. The lowest BCUT2D eigenvalue weighted by atomic mass is 10.1. The minimum absolute atomic E-state index is 0.329. The number of hydrogen-bond donors (Lipinski definition) is 3. The lowest BCUT2D eigenvalue weighted by molar-refractivity contribution is -0.141. The van der Waals surface area contributed by atoms with Crippen molar-refractivity contribution in [3.8, 4) is 0 Å². The molecule has 0 radical (unpaired) electrons. The van der Waals surface area contributed by atoms with Crippen LogP contribution >= 0.6 is 0 Å². The number of likely N-dealkylation sites (tertiary alicyclic amines) is 1. The first-order chi connectivity index (χ1) is 15.6. The van der Waals surface area contributed by atoms with Crippen molar-refractivity contribution in [2.75, 3.05) is 11.9 Å². The number of nitrogens with one attached hydrogen (secondary N) is 3. The lowest BCUT2D eigenvalue weighted by Gasteiger charge is -2.27. The minimum atomic E-state index is -0.872. The molecule has 3 rings (SSSR count). The third kappa shape index (κ3) is 5.57.